The highest BCUT2D eigenvalue weighted by molar-refractivity contribution is 6.31. The summed E-state index contributed by atoms with van der Waals surface area (Å²) in [5, 5.41) is 2.87. The Bertz CT molecular complexity index is 995. The van der Waals surface area contributed by atoms with Crippen molar-refractivity contribution in [3.63, 3.8) is 0 Å². The Morgan fingerprint density at radius 3 is 2.56 bits per heavy atom. The first kappa shape index (κ1) is 26.3. The number of rotatable bonds is 11. The molecule has 1 aromatic heterocycles. The molecular formula is C25H31ClF3N3O2. The molecule has 0 bridgehead atoms. The standard InChI is InChI=1S/C25H31ClF3N3O2/c1-24(28,29)25(9-10-25)19(17-6-5-11-30-14-17)13-21(33)31-15-18(32(2)3)12-16-7-8-20(34-4)23(27)22(16)26/h5-8,11,14,18-19H,9-10,12-13,15H2,1-4H3,(H,31,33)/t18-,19-/m0/s1. The average molecular weight is 498 g/mol. The molecule has 1 amide bonds. The van der Waals surface area contributed by atoms with E-state index >= 15 is 0 Å². The summed E-state index contributed by atoms with van der Waals surface area (Å²) in [6.07, 6.45) is 4.20. The third kappa shape index (κ3) is 5.66. The summed E-state index contributed by atoms with van der Waals surface area (Å²) >= 11 is 6.19. The van der Waals surface area contributed by atoms with E-state index in [1.165, 1.54) is 13.2 Å². The van der Waals surface area contributed by atoms with Crippen LogP contribution in [-0.4, -0.2) is 55.5 Å². The van der Waals surface area contributed by atoms with Crippen LogP contribution < -0.4 is 10.1 Å². The van der Waals surface area contributed by atoms with Crippen molar-refractivity contribution in [2.45, 2.75) is 50.5 Å². The molecule has 0 aliphatic heterocycles. The quantitative estimate of drug-likeness (QED) is 0.470. The van der Waals surface area contributed by atoms with Crippen LogP contribution in [0.15, 0.2) is 36.7 Å². The van der Waals surface area contributed by atoms with Crippen molar-refractivity contribution in [3.05, 3.63) is 58.6 Å². The van der Waals surface area contributed by atoms with Crippen molar-refractivity contribution in [2.75, 3.05) is 27.7 Å². The highest BCUT2D eigenvalue weighted by Crippen LogP contribution is 2.65. The predicted molar refractivity (Wildman–Crippen MR) is 126 cm³/mol. The number of nitrogens with one attached hydrogen (secondary N) is 1. The molecule has 1 aliphatic rings. The third-order valence-electron chi connectivity index (χ3n) is 6.87. The SMILES string of the molecule is COc1ccc(C[C@@H](CNC(=O)C[C@@H](c2cccnc2)C2(C(C)(F)F)CC2)N(C)C)c(Cl)c1F. The maximum Gasteiger partial charge on any atom is 0.251 e. The van der Waals surface area contributed by atoms with Gasteiger partial charge in [-0.2, -0.15) is 0 Å². The highest BCUT2D eigenvalue weighted by atomic mass is 35.5. The van der Waals surface area contributed by atoms with E-state index in [1.54, 1.807) is 30.6 Å². The fourth-order valence-electron chi connectivity index (χ4n) is 4.51. The Labute approximate surface area is 203 Å². The van der Waals surface area contributed by atoms with Gasteiger partial charge in [0.25, 0.3) is 5.92 Å². The second-order valence-electron chi connectivity index (χ2n) is 9.27. The number of aromatic nitrogens is 1. The van der Waals surface area contributed by atoms with Gasteiger partial charge in [0.05, 0.1) is 12.1 Å². The molecule has 1 heterocycles. The van der Waals surface area contributed by atoms with Crippen molar-refractivity contribution < 1.29 is 22.7 Å². The first-order valence-electron chi connectivity index (χ1n) is 11.2. The minimum Gasteiger partial charge on any atom is -0.494 e. The summed E-state index contributed by atoms with van der Waals surface area (Å²) in [5.74, 6) is -4.42. The van der Waals surface area contributed by atoms with E-state index in [4.69, 9.17) is 16.3 Å². The minimum absolute atomic E-state index is 0.0185. The van der Waals surface area contributed by atoms with E-state index in [2.05, 4.69) is 10.3 Å². The number of benzene rings is 1. The summed E-state index contributed by atoms with van der Waals surface area (Å²) in [7, 11) is 5.06. The maximum atomic E-state index is 14.5. The monoisotopic (exact) mass is 497 g/mol. The lowest BCUT2D eigenvalue weighted by atomic mass is 9.77. The van der Waals surface area contributed by atoms with E-state index in [0.29, 0.717) is 30.4 Å². The highest BCUT2D eigenvalue weighted by Gasteiger charge is 2.63. The second kappa shape index (κ2) is 10.5. The Hall–Kier alpha value is -2.32. The van der Waals surface area contributed by atoms with Gasteiger partial charge in [-0.3, -0.25) is 9.78 Å². The van der Waals surface area contributed by atoms with E-state index < -0.39 is 23.1 Å². The molecule has 1 aromatic carbocycles. The van der Waals surface area contributed by atoms with E-state index in [1.807, 2.05) is 19.0 Å². The molecule has 5 nitrogen and oxygen atoms in total. The van der Waals surface area contributed by atoms with E-state index in [-0.39, 0.29) is 35.7 Å². The number of carbonyl (C=O) groups excluding carboxylic acids is 1. The molecule has 1 N–H and O–H groups in total. The molecule has 9 heteroatoms. The first-order chi connectivity index (χ1) is 16.0. The van der Waals surface area contributed by atoms with Gasteiger partial charge in [-0.1, -0.05) is 23.7 Å². The van der Waals surface area contributed by atoms with Gasteiger partial charge in [-0.05, 0) is 63.5 Å². The first-order valence-corrected chi connectivity index (χ1v) is 11.6. The number of alkyl halides is 2. The van der Waals surface area contributed by atoms with Gasteiger partial charge < -0.3 is 15.0 Å². The minimum atomic E-state index is -2.91. The van der Waals surface area contributed by atoms with Crippen LogP contribution in [0, 0.1) is 11.2 Å². The summed E-state index contributed by atoms with van der Waals surface area (Å²) in [6.45, 7) is 1.19. The Kier molecular flexibility index (Phi) is 8.14. The lowest BCUT2D eigenvalue weighted by Crippen LogP contribution is -2.43. The van der Waals surface area contributed by atoms with Crippen LogP contribution in [0.25, 0.3) is 0 Å². The van der Waals surface area contributed by atoms with Crippen LogP contribution in [-0.2, 0) is 11.2 Å². The number of likely N-dealkylation sites (N-methyl/N-ethyl adjacent to an activating group) is 1. The number of carbonyl (C=O) groups is 1. The number of nitrogens with zero attached hydrogens (tertiary/aromatic N) is 2. The number of ether oxygens (including phenoxy) is 1. The van der Waals surface area contributed by atoms with Gasteiger partial charge >= 0.3 is 0 Å². The zero-order chi connectivity index (χ0) is 25.1. The number of pyridine rings is 1. The van der Waals surface area contributed by atoms with Crippen LogP contribution in [0.4, 0.5) is 13.2 Å². The molecule has 3 rings (SSSR count). The smallest absolute Gasteiger partial charge is 0.251 e. The van der Waals surface area contributed by atoms with Crippen molar-refractivity contribution in [1.82, 2.24) is 15.2 Å². The molecule has 1 fully saturated rings. The van der Waals surface area contributed by atoms with E-state index in [0.717, 1.165) is 6.92 Å². The number of hydrogen-bond donors (Lipinski definition) is 1. The molecular weight excluding hydrogens is 467 g/mol. The summed E-state index contributed by atoms with van der Waals surface area (Å²) < 4.78 is 48.3. The molecule has 1 saturated carbocycles. The summed E-state index contributed by atoms with van der Waals surface area (Å²) in [5.41, 5.74) is -0.00678. The number of amides is 1. The average Bonchev–Trinajstić information content (AvgIpc) is 3.60. The molecule has 0 spiro atoms. The Morgan fingerprint density at radius 1 is 1.32 bits per heavy atom. The van der Waals surface area contributed by atoms with Crippen molar-refractivity contribution in [3.8, 4) is 5.75 Å². The topological polar surface area (TPSA) is 54.5 Å². The van der Waals surface area contributed by atoms with Crippen molar-refractivity contribution in [2.24, 2.45) is 5.41 Å². The maximum absolute atomic E-state index is 14.5. The van der Waals surface area contributed by atoms with Gasteiger partial charge in [0.1, 0.15) is 0 Å². The van der Waals surface area contributed by atoms with Crippen molar-refractivity contribution in [1.29, 1.82) is 0 Å². The lowest BCUT2D eigenvalue weighted by molar-refractivity contribution is -0.123. The van der Waals surface area contributed by atoms with Gasteiger partial charge in [0.15, 0.2) is 11.6 Å². The zero-order valence-electron chi connectivity index (χ0n) is 19.9. The fourth-order valence-corrected chi connectivity index (χ4v) is 4.74. The molecule has 0 saturated heterocycles. The van der Waals surface area contributed by atoms with E-state index in [9.17, 15) is 18.0 Å². The Balaban J connectivity index is 1.70. The lowest BCUT2D eigenvalue weighted by Gasteiger charge is -2.32. The number of methoxy groups -OCH3 is 1. The van der Waals surface area contributed by atoms with Crippen LogP contribution in [0.2, 0.25) is 5.02 Å². The van der Waals surface area contributed by atoms with Gasteiger partial charge in [-0.25, -0.2) is 13.2 Å². The molecule has 2 aromatic rings. The molecule has 0 unspecified atom stereocenters. The number of hydrogen-bond acceptors (Lipinski definition) is 4. The Morgan fingerprint density at radius 2 is 2.03 bits per heavy atom. The summed E-state index contributed by atoms with van der Waals surface area (Å²) in [4.78, 5) is 18.9. The molecule has 0 radical (unpaired) electrons. The van der Waals surface area contributed by atoms with Gasteiger partial charge in [0, 0.05) is 42.7 Å². The molecule has 34 heavy (non-hydrogen) atoms. The van der Waals surface area contributed by atoms with Crippen LogP contribution >= 0.6 is 11.6 Å². The van der Waals surface area contributed by atoms with Crippen molar-refractivity contribution >= 4 is 17.5 Å². The number of halogens is 4. The molecule has 2 atom stereocenters. The van der Waals surface area contributed by atoms with Gasteiger partial charge in [0.2, 0.25) is 5.91 Å². The van der Waals surface area contributed by atoms with Crippen LogP contribution in [0.1, 0.15) is 43.2 Å². The van der Waals surface area contributed by atoms with Crippen LogP contribution in [0.5, 0.6) is 5.75 Å². The van der Waals surface area contributed by atoms with Gasteiger partial charge in [-0.15, -0.1) is 0 Å². The normalized spacial score (nSPS) is 16.7. The molecule has 186 valence electrons. The fraction of sp³-hybridized carbons (Fsp3) is 0.520. The third-order valence-corrected chi connectivity index (χ3v) is 7.28. The molecule has 1 aliphatic carbocycles. The predicted octanol–water partition coefficient (Wildman–Crippen LogP) is 5.08. The second-order valence-corrected chi connectivity index (χ2v) is 9.65. The van der Waals surface area contributed by atoms with Crippen LogP contribution in [0.3, 0.4) is 0 Å². The largest absolute Gasteiger partial charge is 0.494 e. The zero-order valence-corrected chi connectivity index (χ0v) is 20.6. The summed E-state index contributed by atoms with van der Waals surface area (Å²) in [6, 6.07) is 6.47.